The molecule has 3 rings (SSSR count). The summed E-state index contributed by atoms with van der Waals surface area (Å²) >= 11 is 0. The molecule has 1 aromatic heterocycles. The fourth-order valence-corrected chi connectivity index (χ4v) is 2.54. The summed E-state index contributed by atoms with van der Waals surface area (Å²) in [6.45, 7) is 1.26. The van der Waals surface area contributed by atoms with Crippen molar-refractivity contribution in [3.8, 4) is 11.3 Å². The van der Waals surface area contributed by atoms with Crippen molar-refractivity contribution in [3.05, 3.63) is 53.7 Å². The summed E-state index contributed by atoms with van der Waals surface area (Å²) in [6, 6.07) is 12.3. The number of ether oxygens (including phenoxy) is 1. The van der Waals surface area contributed by atoms with E-state index in [0.717, 1.165) is 18.7 Å². The highest BCUT2D eigenvalue weighted by atomic mass is 35.5. The van der Waals surface area contributed by atoms with Crippen molar-refractivity contribution in [2.45, 2.75) is 12.5 Å². The maximum Gasteiger partial charge on any atom is 0.0950 e. The first kappa shape index (κ1) is 14.0. The topological polar surface area (TPSA) is 48.1 Å². The number of rotatable bonds is 2. The minimum atomic E-state index is 0. The molecule has 4 heteroatoms. The van der Waals surface area contributed by atoms with Crippen molar-refractivity contribution in [1.29, 1.82) is 0 Å². The second kappa shape index (κ2) is 6.15. The Morgan fingerprint density at radius 1 is 1.21 bits per heavy atom. The lowest BCUT2D eigenvalue weighted by molar-refractivity contribution is 0.0486. The van der Waals surface area contributed by atoms with E-state index in [2.05, 4.69) is 23.2 Å². The quantitative estimate of drug-likeness (QED) is 0.917. The summed E-state index contributed by atoms with van der Waals surface area (Å²) in [5.41, 5.74) is 10.5. The Labute approximate surface area is 119 Å². The van der Waals surface area contributed by atoms with Gasteiger partial charge in [0, 0.05) is 18.3 Å². The number of hydrogen-bond acceptors (Lipinski definition) is 3. The number of pyridine rings is 1. The van der Waals surface area contributed by atoms with Crippen LogP contribution in [0.15, 0.2) is 42.6 Å². The first-order chi connectivity index (χ1) is 8.90. The van der Waals surface area contributed by atoms with Gasteiger partial charge in [-0.2, -0.15) is 0 Å². The predicted molar refractivity (Wildman–Crippen MR) is 78.4 cm³/mol. The van der Waals surface area contributed by atoms with Crippen molar-refractivity contribution in [2.24, 2.45) is 5.73 Å². The molecule has 19 heavy (non-hydrogen) atoms. The lowest BCUT2D eigenvalue weighted by atomic mass is 9.91. The maximum atomic E-state index is 5.77. The summed E-state index contributed by atoms with van der Waals surface area (Å²) in [5, 5.41) is 0. The molecule has 2 heterocycles. The molecule has 0 saturated heterocycles. The van der Waals surface area contributed by atoms with Crippen molar-refractivity contribution < 1.29 is 4.74 Å². The predicted octanol–water partition coefficient (Wildman–Crippen LogP) is 2.74. The zero-order chi connectivity index (χ0) is 12.4. The lowest BCUT2D eigenvalue weighted by Crippen LogP contribution is -2.23. The molecule has 0 aliphatic carbocycles. The Bertz CT molecular complexity index is 545. The van der Waals surface area contributed by atoms with E-state index in [1.54, 1.807) is 0 Å². The summed E-state index contributed by atoms with van der Waals surface area (Å²) in [5.74, 6) is 0. The molecule has 1 aliphatic heterocycles. The molecular formula is C15H17ClN2O. The monoisotopic (exact) mass is 276 g/mol. The lowest BCUT2D eigenvalue weighted by Gasteiger charge is -2.26. The maximum absolute atomic E-state index is 5.77. The Hall–Kier alpha value is -1.42. The molecule has 0 radical (unpaired) electrons. The average Bonchev–Trinajstić information content (AvgIpc) is 2.47. The first-order valence-corrected chi connectivity index (χ1v) is 6.25. The van der Waals surface area contributed by atoms with Gasteiger partial charge in [-0.3, -0.25) is 4.98 Å². The SMILES string of the molecule is Cl.NCC1OCCc2c(-c3ccccn3)cccc21. The summed E-state index contributed by atoms with van der Waals surface area (Å²) < 4.78 is 5.70. The number of fused-ring (bicyclic) bond motifs is 1. The van der Waals surface area contributed by atoms with Gasteiger partial charge in [0.1, 0.15) is 0 Å². The van der Waals surface area contributed by atoms with Gasteiger partial charge in [0.05, 0.1) is 18.4 Å². The second-order valence-corrected chi connectivity index (χ2v) is 4.43. The highest BCUT2D eigenvalue weighted by molar-refractivity contribution is 5.85. The van der Waals surface area contributed by atoms with Crippen LogP contribution in [0.2, 0.25) is 0 Å². The molecule has 1 unspecified atom stereocenters. The fourth-order valence-electron chi connectivity index (χ4n) is 2.54. The van der Waals surface area contributed by atoms with Crippen LogP contribution in [0.4, 0.5) is 0 Å². The zero-order valence-corrected chi connectivity index (χ0v) is 11.4. The zero-order valence-electron chi connectivity index (χ0n) is 10.6. The summed E-state index contributed by atoms with van der Waals surface area (Å²) in [4.78, 5) is 4.44. The normalized spacial score (nSPS) is 17.4. The Morgan fingerprint density at radius 3 is 2.84 bits per heavy atom. The van der Waals surface area contributed by atoms with Crippen molar-refractivity contribution in [2.75, 3.05) is 13.2 Å². The average molecular weight is 277 g/mol. The van der Waals surface area contributed by atoms with E-state index in [-0.39, 0.29) is 18.5 Å². The Morgan fingerprint density at radius 2 is 2.11 bits per heavy atom. The van der Waals surface area contributed by atoms with Crippen LogP contribution in [0.25, 0.3) is 11.3 Å². The molecule has 0 amide bonds. The number of aromatic nitrogens is 1. The van der Waals surface area contributed by atoms with Crippen molar-refractivity contribution >= 4 is 12.4 Å². The van der Waals surface area contributed by atoms with Gasteiger partial charge in [0.25, 0.3) is 0 Å². The van der Waals surface area contributed by atoms with Crippen LogP contribution >= 0.6 is 12.4 Å². The highest BCUT2D eigenvalue weighted by Gasteiger charge is 2.22. The van der Waals surface area contributed by atoms with Crippen LogP contribution in [0, 0.1) is 0 Å². The number of halogens is 1. The van der Waals surface area contributed by atoms with Crippen LogP contribution in [0.3, 0.4) is 0 Å². The smallest absolute Gasteiger partial charge is 0.0950 e. The van der Waals surface area contributed by atoms with Crippen LogP contribution < -0.4 is 5.73 Å². The van der Waals surface area contributed by atoms with Gasteiger partial charge in [-0.05, 0) is 29.7 Å². The molecule has 0 bridgehead atoms. The van der Waals surface area contributed by atoms with Crippen LogP contribution in [0.5, 0.6) is 0 Å². The van der Waals surface area contributed by atoms with Crippen molar-refractivity contribution in [3.63, 3.8) is 0 Å². The Balaban J connectivity index is 0.00000133. The number of nitrogens with two attached hydrogens (primary N) is 1. The van der Waals surface area contributed by atoms with Gasteiger partial charge in [0.2, 0.25) is 0 Å². The van der Waals surface area contributed by atoms with E-state index >= 15 is 0 Å². The van der Waals surface area contributed by atoms with E-state index < -0.39 is 0 Å². The third kappa shape index (κ3) is 2.63. The minimum absolute atomic E-state index is 0. The van der Waals surface area contributed by atoms with Gasteiger partial charge in [-0.15, -0.1) is 12.4 Å². The molecule has 2 aromatic rings. The molecule has 0 saturated carbocycles. The third-order valence-electron chi connectivity index (χ3n) is 3.39. The van der Waals surface area contributed by atoms with E-state index in [9.17, 15) is 0 Å². The molecule has 3 nitrogen and oxygen atoms in total. The van der Waals surface area contributed by atoms with Crippen molar-refractivity contribution in [1.82, 2.24) is 4.98 Å². The third-order valence-corrected chi connectivity index (χ3v) is 3.39. The molecular weight excluding hydrogens is 260 g/mol. The van der Waals surface area contributed by atoms with Crippen LogP contribution in [-0.4, -0.2) is 18.1 Å². The van der Waals surface area contributed by atoms with Gasteiger partial charge >= 0.3 is 0 Å². The standard InChI is InChI=1S/C15H16N2O.ClH/c16-10-15-13-5-3-4-12(11(13)7-9-18-15)14-6-1-2-8-17-14;/h1-6,8,15H,7,9-10,16H2;1H. The number of benzene rings is 1. The molecule has 2 N–H and O–H groups in total. The largest absolute Gasteiger partial charge is 0.372 e. The fraction of sp³-hybridized carbons (Fsp3) is 0.267. The van der Waals surface area contributed by atoms with Crippen LogP contribution in [0.1, 0.15) is 17.2 Å². The van der Waals surface area contributed by atoms with E-state index in [1.807, 2.05) is 24.4 Å². The Kier molecular flexibility index (Phi) is 4.53. The van der Waals surface area contributed by atoms with Gasteiger partial charge in [0.15, 0.2) is 0 Å². The molecule has 100 valence electrons. The van der Waals surface area contributed by atoms with Gasteiger partial charge in [-0.1, -0.05) is 24.3 Å². The van der Waals surface area contributed by atoms with E-state index in [0.29, 0.717) is 6.54 Å². The number of hydrogen-bond donors (Lipinski definition) is 1. The second-order valence-electron chi connectivity index (χ2n) is 4.43. The van der Waals surface area contributed by atoms with E-state index in [4.69, 9.17) is 10.5 Å². The molecule has 1 aromatic carbocycles. The molecule has 0 fully saturated rings. The first-order valence-electron chi connectivity index (χ1n) is 6.25. The van der Waals surface area contributed by atoms with E-state index in [1.165, 1.54) is 16.7 Å². The summed E-state index contributed by atoms with van der Waals surface area (Å²) in [6.07, 6.45) is 2.78. The van der Waals surface area contributed by atoms with Crippen LogP contribution in [-0.2, 0) is 11.2 Å². The van der Waals surface area contributed by atoms with Gasteiger partial charge < -0.3 is 10.5 Å². The summed E-state index contributed by atoms with van der Waals surface area (Å²) in [7, 11) is 0. The number of nitrogens with zero attached hydrogens (tertiary/aromatic N) is 1. The minimum Gasteiger partial charge on any atom is -0.372 e. The molecule has 0 spiro atoms. The molecule has 1 aliphatic rings. The molecule has 1 atom stereocenters. The highest BCUT2D eigenvalue weighted by Crippen LogP contribution is 2.33. The van der Waals surface area contributed by atoms with Gasteiger partial charge in [-0.25, -0.2) is 0 Å².